The lowest BCUT2D eigenvalue weighted by Gasteiger charge is -2.17. The van der Waals surface area contributed by atoms with Crippen molar-refractivity contribution in [3.05, 3.63) is 21.2 Å². The van der Waals surface area contributed by atoms with Crippen molar-refractivity contribution in [3.8, 4) is 11.5 Å². The summed E-state index contributed by atoms with van der Waals surface area (Å²) >= 11 is 3.34. The Balaban J connectivity index is 3.59. The second kappa shape index (κ2) is 4.88. The Bertz CT molecular complexity index is 341. The summed E-state index contributed by atoms with van der Waals surface area (Å²) in [5, 5.41) is 19.6. The fraction of sp³-hybridized carbons (Fsp3) is 0.500. The number of aromatic hydroxyl groups is 2. The van der Waals surface area contributed by atoms with Crippen LogP contribution in [-0.2, 0) is 19.3 Å². The quantitative estimate of drug-likeness (QED) is 0.827. The number of hydrogen-bond acceptors (Lipinski definition) is 2. The van der Waals surface area contributed by atoms with Gasteiger partial charge >= 0.3 is 0 Å². The summed E-state index contributed by atoms with van der Waals surface area (Å²) in [6.07, 6.45) is 2.46. The molecule has 2 N–H and O–H groups in total. The van der Waals surface area contributed by atoms with E-state index in [-0.39, 0.29) is 11.5 Å². The van der Waals surface area contributed by atoms with Crippen LogP contribution in [0.25, 0.3) is 0 Å². The van der Waals surface area contributed by atoms with Crippen LogP contribution in [0.4, 0.5) is 0 Å². The number of halogens is 1. The first kappa shape index (κ1) is 12.4. The molecule has 0 radical (unpaired) electrons. The van der Waals surface area contributed by atoms with E-state index in [9.17, 15) is 10.2 Å². The molecular weight excluding hydrogens is 256 g/mol. The van der Waals surface area contributed by atoms with Crippen molar-refractivity contribution in [3.63, 3.8) is 0 Å². The summed E-state index contributed by atoms with van der Waals surface area (Å²) in [5.41, 5.74) is 3.13. The molecule has 84 valence electrons. The van der Waals surface area contributed by atoms with Gasteiger partial charge in [-0.1, -0.05) is 20.8 Å². The minimum Gasteiger partial charge on any atom is -0.504 e. The van der Waals surface area contributed by atoms with Crippen LogP contribution in [0.15, 0.2) is 4.47 Å². The molecule has 0 aliphatic rings. The van der Waals surface area contributed by atoms with Crippen molar-refractivity contribution in [2.24, 2.45) is 0 Å². The van der Waals surface area contributed by atoms with E-state index in [1.165, 1.54) is 0 Å². The third kappa shape index (κ3) is 1.98. The van der Waals surface area contributed by atoms with Gasteiger partial charge in [0.05, 0.1) is 4.47 Å². The van der Waals surface area contributed by atoms with Crippen LogP contribution in [0.2, 0.25) is 0 Å². The van der Waals surface area contributed by atoms with Crippen molar-refractivity contribution >= 4 is 15.9 Å². The van der Waals surface area contributed by atoms with E-state index < -0.39 is 0 Å². The standard InChI is InChI=1S/C12H17BrO2/c1-4-7-8(5-2)10(13)12(15)11(14)9(7)6-3/h14-15H,4-6H2,1-3H3. The lowest BCUT2D eigenvalue weighted by molar-refractivity contribution is 0.396. The Morgan fingerprint density at radius 2 is 1.27 bits per heavy atom. The first-order valence-corrected chi connectivity index (χ1v) is 6.11. The van der Waals surface area contributed by atoms with Crippen LogP contribution >= 0.6 is 15.9 Å². The molecule has 3 heteroatoms. The van der Waals surface area contributed by atoms with Crippen molar-refractivity contribution in [1.82, 2.24) is 0 Å². The van der Waals surface area contributed by atoms with Gasteiger partial charge in [-0.3, -0.25) is 0 Å². The zero-order valence-electron chi connectivity index (χ0n) is 9.39. The Hall–Kier alpha value is -0.700. The van der Waals surface area contributed by atoms with E-state index in [1.54, 1.807) is 0 Å². The molecule has 0 atom stereocenters. The lowest BCUT2D eigenvalue weighted by Crippen LogP contribution is -2.00. The Kier molecular flexibility index (Phi) is 4.03. The van der Waals surface area contributed by atoms with Crippen LogP contribution in [0.3, 0.4) is 0 Å². The van der Waals surface area contributed by atoms with Gasteiger partial charge in [0.1, 0.15) is 0 Å². The van der Waals surface area contributed by atoms with Crippen molar-refractivity contribution in [1.29, 1.82) is 0 Å². The molecule has 0 unspecified atom stereocenters. The average molecular weight is 273 g/mol. The maximum Gasteiger partial charge on any atom is 0.172 e. The molecule has 0 aliphatic carbocycles. The fourth-order valence-electron chi connectivity index (χ4n) is 2.02. The van der Waals surface area contributed by atoms with Crippen molar-refractivity contribution < 1.29 is 10.2 Å². The van der Waals surface area contributed by atoms with Crippen LogP contribution in [0.1, 0.15) is 37.5 Å². The summed E-state index contributed by atoms with van der Waals surface area (Å²) in [6.45, 7) is 6.10. The number of benzene rings is 1. The van der Waals surface area contributed by atoms with Gasteiger partial charge in [-0.05, 0) is 46.3 Å². The number of phenolic OH excluding ortho intramolecular Hbond substituents is 2. The molecule has 1 aromatic rings. The number of rotatable bonds is 3. The van der Waals surface area contributed by atoms with E-state index in [0.29, 0.717) is 4.47 Å². The molecule has 1 aromatic carbocycles. The molecular formula is C12H17BrO2. The molecule has 15 heavy (non-hydrogen) atoms. The maximum atomic E-state index is 9.83. The van der Waals surface area contributed by atoms with E-state index >= 15 is 0 Å². The molecule has 0 saturated carbocycles. The Morgan fingerprint density at radius 1 is 0.800 bits per heavy atom. The third-order valence-electron chi connectivity index (χ3n) is 2.77. The Labute approximate surface area is 99.1 Å². The number of phenols is 2. The first-order valence-electron chi connectivity index (χ1n) is 5.32. The minimum atomic E-state index is -0.0269. The highest BCUT2D eigenvalue weighted by molar-refractivity contribution is 9.10. The molecule has 0 bridgehead atoms. The predicted molar refractivity (Wildman–Crippen MR) is 65.6 cm³/mol. The highest BCUT2D eigenvalue weighted by Gasteiger charge is 2.18. The molecule has 0 spiro atoms. The van der Waals surface area contributed by atoms with E-state index in [2.05, 4.69) is 29.8 Å². The second-order valence-electron chi connectivity index (χ2n) is 3.51. The van der Waals surface area contributed by atoms with Gasteiger partial charge in [0.2, 0.25) is 0 Å². The Morgan fingerprint density at radius 3 is 1.67 bits per heavy atom. The van der Waals surface area contributed by atoms with Crippen molar-refractivity contribution in [2.75, 3.05) is 0 Å². The summed E-state index contributed by atoms with van der Waals surface area (Å²) in [5.74, 6) is -0.000625. The normalized spacial score (nSPS) is 10.7. The third-order valence-corrected chi connectivity index (χ3v) is 3.63. The van der Waals surface area contributed by atoms with Crippen LogP contribution in [0, 0.1) is 0 Å². The van der Waals surface area contributed by atoms with Crippen LogP contribution < -0.4 is 0 Å². The molecule has 0 aromatic heterocycles. The van der Waals surface area contributed by atoms with Crippen LogP contribution in [-0.4, -0.2) is 10.2 Å². The molecule has 0 aliphatic heterocycles. The van der Waals surface area contributed by atoms with Gasteiger partial charge in [0.15, 0.2) is 11.5 Å². The SMILES string of the molecule is CCc1c(O)c(O)c(Br)c(CC)c1CC. The van der Waals surface area contributed by atoms with Crippen molar-refractivity contribution in [2.45, 2.75) is 40.0 Å². The summed E-state index contributed by atoms with van der Waals surface area (Å²) in [7, 11) is 0. The van der Waals surface area contributed by atoms with Gasteiger partial charge < -0.3 is 10.2 Å². The van der Waals surface area contributed by atoms with Crippen LogP contribution in [0.5, 0.6) is 11.5 Å². The molecule has 0 amide bonds. The van der Waals surface area contributed by atoms with Gasteiger partial charge in [0, 0.05) is 5.56 Å². The fourth-order valence-corrected chi connectivity index (χ4v) is 2.73. The predicted octanol–water partition coefficient (Wildman–Crippen LogP) is 3.55. The van der Waals surface area contributed by atoms with E-state index in [4.69, 9.17) is 0 Å². The molecule has 1 rings (SSSR count). The highest BCUT2D eigenvalue weighted by Crippen LogP contribution is 2.42. The summed E-state index contributed by atoms with van der Waals surface area (Å²) in [4.78, 5) is 0. The summed E-state index contributed by atoms with van der Waals surface area (Å²) < 4.78 is 0.636. The first-order chi connectivity index (χ1) is 7.08. The molecule has 2 nitrogen and oxygen atoms in total. The number of hydrogen-bond donors (Lipinski definition) is 2. The monoisotopic (exact) mass is 272 g/mol. The molecule has 0 fully saturated rings. The maximum absolute atomic E-state index is 9.83. The van der Waals surface area contributed by atoms with Gasteiger partial charge in [-0.15, -0.1) is 0 Å². The minimum absolute atomic E-state index is 0.0263. The average Bonchev–Trinajstić information content (AvgIpc) is 2.25. The van der Waals surface area contributed by atoms with Gasteiger partial charge in [0.25, 0.3) is 0 Å². The second-order valence-corrected chi connectivity index (χ2v) is 4.30. The van der Waals surface area contributed by atoms with E-state index in [0.717, 1.165) is 36.0 Å². The molecule has 0 heterocycles. The summed E-state index contributed by atoms with van der Waals surface area (Å²) in [6, 6.07) is 0. The zero-order chi connectivity index (χ0) is 11.6. The zero-order valence-corrected chi connectivity index (χ0v) is 11.0. The smallest absolute Gasteiger partial charge is 0.172 e. The van der Waals surface area contributed by atoms with Gasteiger partial charge in [-0.2, -0.15) is 0 Å². The van der Waals surface area contributed by atoms with Gasteiger partial charge in [-0.25, -0.2) is 0 Å². The van der Waals surface area contributed by atoms with E-state index in [1.807, 2.05) is 6.92 Å². The topological polar surface area (TPSA) is 40.5 Å². The largest absolute Gasteiger partial charge is 0.504 e. The molecule has 0 saturated heterocycles. The highest BCUT2D eigenvalue weighted by atomic mass is 79.9. The lowest BCUT2D eigenvalue weighted by atomic mass is 9.94.